The lowest BCUT2D eigenvalue weighted by atomic mass is 10.1. The lowest BCUT2D eigenvalue weighted by Crippen LogP contribution is -2.30. The summed E-state index contributed by atoms with van der Waals surface area (Å²) in [6.45, 7) is 0. The van der Waals surface area contributed by atoms with Crippen LogP contribution in [0.5, 0.6) is 0 Å². The number of nitrogens with zero attached hydrogens (tertiary/aromatic N) is 2. The maximum Gasteiger partial charge on any atom is 0.416 e. The van der Waals surface area contributed by atoms with Crippen LogP contribution in [0, 0.1) is 0 Å². The number of amidine groups is 1. The third-order valence-electron chi connectivity index (χ3n) is 2.45. The van der Waals surface area contributed by atoms with Crippen LogP contribution in [-0.2, 0) is 16.4 Å². The standard InChI is InChI=1S/C10H13F3N4O3S/c1-17(2)21(19,20)16-8-4-3-6(10(11,12)13)5-7(8)9(14)15-18/h3-5,16,18H,1-2H3,(H2,14,15). The summed E-state index contributed by atoms with van der Waals surface area (Å²) >= 11 is 0. The predicted molar refractivity (Wildman–Crippen MR) is 70.2 cm³/mol. The first-order chi connectivity index (χ1) is 9.49. The number of halogens is 3. The zero-order valence-electron chi connectivity index (χ0n) is 11.0. The molecule has 0 radical (unpaired) electrons. The number of benzene rings is 1. The first-order valence-electron chi connectivity index (χ1n) is 5.38. The molecule has 21 heavy (non-hydrogen) atoms. The summed E-state index contributed by atoms with van der Waals surface area (Å²) in [5.41, 5.74) is 3.59. The summed E-state index contributed by atoms with van der Waals surface area (Å²) in [5.74, 6) is -0.655. The molecule has 0 fully saturated rings. The summed E-state index contributed by atoms with van der Waals surface area (Å²) in [7, 11) is -1.49. The number of rotatable bonds is 4. The second kappa shape index (κ2) is 5.77. The van der Waals surface area contributed by atoms with Gasteiger partial charge in [0.1, 0.15) is 0 Å². The van der Waals surface area contributed by atoms with Gasteiger partial charge in [0, 0.05) is 19.7 Å². The number of nitrogens with two attached hydrogens (primary N) is 1. The van der Waals surface area contributed by atoms with Gasteiger partial charge in [-0.2, -0.15) is 25.9 Å². The molecule has 0 aliphatic rings. The number of nitrogens with one attached hydrogen (secondary N) is 1. The van der Waals surface area contributed by atoms with Crippen LogP contribution in [0.15, 0.2) is 23.4 Å². The van der Waals surface area contributed by atoms with Crippen LogP contribution in [-0.4, -0.2) is 37.9 Å². The Morgan fingerprint density at radius 1 is 1.38 bits per heavy atom. The highest BCUT2D eigenvalue weighted by atomic mass is 32.2. The van der Waals surface area contributed by atoms with Crippen LogP contribution >= 0.6 is 0 Å². The van der Waals surface area contributed by atoms with Crippen molar-refractivity contribution in [2.75, 3.05) is 18.8 Å². The Morgan fingerprint density at radius 2 is 1.95 bits per heavy atom. The van der Waals surface area contributed by atoms with Crippen LogP contribution in [0.2, 0.25) is 0 Å². The third-order valence-corrected chi connectivity index (χ3v) is 3.89. The van der Waals surface area contributed by atoms with E-state index in [4.69, 9.17) is 10.9 Å². The van der Waals surface area contributed by atoms with Crippen molar-refractivity contribution in [2.24, 2.45) is 10.9 Å². The molecule has 1 rings (SSSR count). The zero-order valence-corrected chi connectivity index (χ0v) is 11.8. The fraction of sp³-hybridized carbons (Fsp3) is 0.300. The van der Waals surface area contributed by atoms with Gasteiger partial charge in [-0.15, -0.1) is 0 Å². The van der Waals surface area contributed by atoms with Crippen LogP contribution in [0.25, 0.3) is 0 Å². The molecule has 1 aromatic carbocycles. The van der Waals surface area contributed by atoms with Gasteiger partial charge in [0.05, 0.1) is 11.3 Å². The van der Waals surface area contributed by atoms with Gasteiger partial charge in [0.2, 0.25) is 0 Å². The fourth-order valence-electron chi connectivity index (χ4n) is 1.31. The summed E-state index contributed by atoms with van der Waals surface area (Å²) < 4.78 is 64.2. The highest BCUT2D eigenvalue weighted by Gasteiger charge is 2.32. The maximum absolute atomic E-state index is 12.6. The van der Waals surface area contributed by atoms with Crippen LogP contribution in [0.3, 0.4) is 0 Å². The van der Waals surface area contributed by atoms with Crippen molar-refractivity contribution < 1.29 is 26.8 Å². The Bertz CT molecular complexity index is 656. The maximum atomic E-state index is 12.6. The van der Waals surface area contributed by atoms with E-state index in [1.165, 1.54) is 14.1 Å². The van der Waals surface area contributed by atoms with Crippen molar-refractivity contribution in [2.45, 2.75) is 6.18 Å². The molecule has 118 valence electrons. The molecular weight excluding hydrogens is 313 g/mol. The van der Waals surface area contributed by atoms with E-state index in [1.54, 1.807) is 0 Å². The summed E-state index contributed by atoms with van der Waals surface area (Å²) in [4.78, 5) is 0. The third kappa shape index (κ3) is 3.98. The average molecular weight is 326 g/mol. The van der Waals surface area contributed by atoms with Gasteiger partial charge in [-0.25, -0.2) is 0 Å². The number of hydrogen-bond acceptors (Lipinski definition) is 4. The van der Waals surface area contributed by atoms with Crippen molar-refractivity contribution in [1.29, 1.82) is 0 Å². The Hall–Kier alpha value is -2.01. The minimum absolute atomic E-state index is 0.244. The van der Waals surface area contributed by atoms with Gasteiger partial charge >= 0.3 is 16.4 Å². The number of hydrogen-bond donors (Lipinski definition) is 3. The molecule has 0 unspecified atom stereocenters. The zero-order chi connectivity index (χ0) is 16.4. The van der Waals surface area contributed by atoms with Gasteiger partial charge < -0.3 is 10.9 Å². The predicted octanol–water partition coefficient (Wildman–Crippen LogP) is 1.02. The topological polar surface area (TPSA) is 108 Å². The molecule has 0 aliphatic heterocycles. The summed E-state index contributed by atoms with van der Waals surface area (Å²) in [6, 6.07) is 2.15. The Balaban J connectivity index is 3.40. The van der Waals surface area contributed by atoms with Gasteiger partial charge in [-0.3, -0.25) is 4.72 Å². The molecular formula is C10H13F3N4O3S. The first kappa shape index (κ1) is 17.0. The summed E-state index contributed by atoms with van der Waals surface area (Å²) in [5, 5.41) is 11.2. The summed E-state index contributed by atoms with van der Waals surface area (Å²) in [6.07, 6.45) is -4.65. The SMILES string of the molecule is CN(C)S(=O)(=O)Nc1ccc(C(F)(F)F)cc1/C(N)=N/O. The molecule has 7 nitrogen and oxygen atoms in total. The Labute approximate surface area is 119 Å². The highest BCUT2D eigenvalue weighted by Crippen LogP contribution is 2.32. The second-order valence-corrected chi connectivity index (χ2v) is 6.02. The van der Waals surface area contributed by atoms with E-state index >= 15 is 0 Å². The molecule has 0 saturated carbocycles. The average Bonchev–Trinajstić information content (AvgIpc) is 2.36. The first-order valence-corrected chi connectivity index (χ1v) is 6.82. The van der Waals surface area contributed by atoms with E-state index in [1.807, 2.05) is 4.72 Å². The van der Waals surface area contributed by atoms with Crippen LogP contribution < -0.4 is 10.5 Å². The molecule has 4 N–H and O–H groups in total. The van der Waals surface area contributed by atoms with Gasteiger partial charge in [-0.1, -0.05) is 5.16 Å². The quantitative estimate of drug-likeness (QED) is 0.332. The molecule has 0 aliphatic carbocycles. The second-order valence-electron chi connectivity index (χ2n) is 4.13. The van der Waals surface area contributed by atoms with Crippen molar-refractivity contribution in [3.8, 4) is 0 Å². The van der Waals surface area contributed by atoms with Crippen molar-refractivity contribution >= 4 is 21.7 Å². The van der Waals surface area contributed by atoms with Crippen molar-refractivity contribution in [1.82, 2.24) is 4.31 Å². The molecule has 11 heteroatoms. The van der Waals surface area contributed by atoms with E-state index in [0.717, 1.165) is 10.4 Å². The molecule has 0 aromatic heterocycles. The van der Waals surface area contributed by atoms with Gasteiger partial charge in [0.25, 0.3) is 0 Å². The van der Waals surface area contributed by atoms with E-state index < -0.39 is 33.3 Å². The van der Waals surface area contributed by atoms with Crippen molar-refractivity contribution in [3.63, 3.8) is 0 Å². The minimum Gasteiger partial charge on any atom is -0.409 e. The van der Waals surface area contributed by atoms with E-state index in [0.29, 0.717) is 12.1 Å². The fourth-order valence-corrected chi connectivity index (χ4v) is 1.94. The molecule has 0 heterocycles. The highest BCUT2D eigenvalue weighted by molar-refractivity contribution is 7.90. The minimum atomic E-state index is -4.65. The number of alkyl halides is 3. The van der Waals surface area contributed by atoms with Crippen LogP contribution in [0.1, 0.15) is 11.1 Å². The Kier molecular flexibility index (Phi) is 4.69. The normalized spacial score (nSPS) is 13.5. The van der Waals surface area contributed by atoms with E-state index in [-0.39, 0.29) is 5.69 Å². The van der Waals surface area contributed by atoms with Crippen LogP contribution in [0.4, 0.5) is 18.9 Å². The molecule has 0 bridgehead atoms. The lowest BCUT2D eigenvalue weighted by Gasteiger charge is -2.17. The van der Waals surface area contributed by atoms with E-state index in [2.05, 4.69) is 5.16 Å². The van der Waals surface area contributed by atoms with Gasteiger partial charge in [0.15, 0.2) is 5.84 Å². The van der Waals surface area contributed by atoms with Gasteiger partial charge in [-0.05, 0) is 18.2 Å². The molecule has 0 atom stereocenters. The molecule has 1 aromatic rings. The number of anilines is 1. The molecule has 0 amide bonds. The number of oxime groups is 1. The molecule has 0 spiro atoms. The smallest absolute Gasteiger partial charge is 0.409 e. The largest absolute Gasteiger partial charge is 0.416 e. The lowest BCUT2D eigenvalue weighted by molar-refractivity contribution is -0.137. The Morgan fingerprint density at radius 3 is 2.38 bits per heavy atom. The van der Waals surface area contributed by atoms with Crippen molar-refractivity contribution in [3.05, 3.63) is 29.3 Å². The monoisotopic (exact) mass is 326 g/mol. The van der Waals surface area contributed by atoms with E-state index in [9.17, 15) is 21.6 Å². The molecule has 0 saturated heterocycles.